The van der Waals surface area contributed by atoms with E-state index in [9.17, 15) is 10.1 Å². The summed E-state index contributed by atoms with van der Waals surface area (Å²) in [6.07, 6.45) is 1.16. The van der Waals surface area contributed by atoms with Crippen LogP contribution in [0, 0.1) is 10.1 Å². The molecule has 0 amide bonds. The van der Waals surface area contributed by atoms with Crippen molar-refractivity contribution < 1.29 is 4.92 Å². The fourth-order valence-corrected chi connectivity index (χ4v) is 2.82. The van der Waals surface area contributed by atoms with Crippen LogP contribution in [0.2, 0.25) is 0 Å². The van der Waals surface area contributed by atoms with Gasteiger partial charge in [0.15, 0.2) is 0 Å². The van der Waals surface area contributed by atoms with Crippen molar-refractivity contribution in [1.29, 1.82) is 0 Å². The first kappa shape index (κ1) is 8.85. The minimum absolute atomic E-state index is 0.223. The molecular weight excluding hydrogens is 192 g/mol. The van der Waals surface area contributed by atoms with Crippen LogP contribution < -0.4 is 5.32 Å². The summed E-state index contributed by atoms with van der Waals surface area (Å²) in [5.41, 5.74) is 2.73. The smallest absolute Gasteiger partial charge is 0.269 e. The van der Waals surface area contributed by atoms with Crippen molar-refractivity contribution in [2.24, 2.45) is 0 Å². The number of nitro benzene ring substituents is 1. The van der Waals surface area contributed by atoms with Crippen LogP contribution in [0.4, 0.5) is 5.69 Å². The van der Waals surface area contributed by atoms with Gasteiger partial charge in [-0.3, -0.25) is 10.1 Å². The molecule has 0 aromatic heterocycles. The van der Waals surface area contributed by atoms with Crippen molar-refractivity contribution in [1.82, 2.24) is 5.32 Å². The lowest BCUT2D eigenvalue weighted by Gasteiger charge is -2.19. The highest BCUT2D eigenvalue weighted by atomic mass is 16.6. The molecule has 2 aliphatic rings. The van der Waals surface area contributed by atoms with Crippen LogP contribution in [0.1, 0.15) is 29.4 Å². The van der Waals surface area contributed by atoms with Crippen LogP contribution in [0.3, 0.4) is 0 Å². The Labute approximate surface area is 87.4 Å². The molecule has 2 bridgehead atoms. The molecule has 3 rings (SSSR count). The van der Waals surface area contributed by atoms with Crippen molar-refractivity contribution in [2.75, 3.05) is 13.1 Å². The van der Waals surface area contributed by atoms with Crippen LogP contribution in [-0.2, 0) is 0 Å². The van der Waals surface area contributed by atoms with Crippen molar-refractivity contribution in [3.8, 4) is 0 Å². The topological polar surface area (TPSA) is 55.2 Å². The predicted molar refractivity (Wildman–Crippen MR) is 56.1 cm³/mol. The van der Waals surface area contributed by atoms with E-state index in [0.29, 0.717) is 11.8 Å². The minimum atomic E-state index is -0.310. The molecule has 2 atom stereocenters. The second-order valence-corrected chi connectivity index (χ2v) is 4.36. The van der Waals surface area contributed by atoms with E-state index in [1.165, 1.54) is 11.1 Å². The Morgan fingerprint density at radius 3 is 2.73 bits per heavy atom. The van der Waals surface area contributed by atoms with Crippen LogP contribution in [0.25, 0.3) is 0 Å². The van der Waals surface area contributed by atoms with Crippen LogP contribution in [-0.4, -0.2) is 18.0 Å². The molecule has 1 N–H and O–H groups in total. The number of hydrogen-bond donors (Lipinski definition) is 1. The van der Waals surface area contributed by atoms with E-state index in [4.69, 9.17) is 0 Å². The first-order valence-electron chi connectivity index (χ1n) is 5.24. The highest BCUT2D eigenvalue weighted by Crippen LogP contribution is 2.44. The molecule has 1 aromatic carbocycles. The average Bonchev–Trinajstić information content (AvgIpc) is 2.51. The van der Waals surface area contributed by atoms with Crippen LogP contribution >= 0.6 is 0 Å². The quantitative estimate of drug-likeness (QED) is 0.560. The SMILES string of the molecule is O=[N+]([O-])c1ccc2c(c1)[C@H]1CNC[C@@H]2C1. The molecule has 1 heterocycles. The maximum atomic E-state index is 10.7. The van der Waals surface area contributed by atoms with Crippen LogP contribution in [0.5, 0.6) is 0 Å². The van der Waals surface area contributed by atoms with E-state index in [1.54, 1.807) is 12.1 Å². The molecule has 1 aliphatic carbocycles. The van der Waals surface area contributed by atoms with Gasteiger partial charge in [0.1, 0.15) is 0 Å². The third kappa shape index (κ3) is 1.25. The van der Waals surface area contributed by atoms with Gasteiger partial charge in [0.25, 0.3) is 5.69 Å². The summed E-state index contributed by atoms with van der Waals surface area (Å²) in [6.45, 7) is 1.98. The Hall–Kier alpha value is -1.42. The summed E-state index contributed by atoms with van der Waals surface area (Å²) in [4.78, 5) is 10.4. The van der Waals surface area contributed by atoms with Gasteiger partial charge in [-0.05, 0) is 29.4 Å². The van der Waals surface area contributed by atoms with Gasteiger partial charge >= 0.3 is 0 Å². The second-order valence-electron chi connectivity index (χ2n) is 4.36. The van der Waals surface area contributed by atoms with Gasteiger partial charge in [0.2, 0.25) is 0 Å². The van der Waals surface area contributed by atoms with E-state index < -0.39 is 0 Å². The standard InChI is InChI=1S/C11H12N2O2/c14-13(15)9-1-2-10-7-3-8(6-12-5-7)11(10)4-9/h1-2,4,7-8,12H,3,5-6H2/t7-,8+/m0/s1. The maximum Gasteiger partial charge on any atom is 0.269 e. The molecule has 4 nitrogen and oxygen atoms in total. The van der Waals surface area contributed by atoms with E-state index in [0.717, 1.165) is 19.5 Å². The van der Waals surface area contributed by atoms with E-state index in [1.807, 2.05) is 6.07 Å². The van der Waals surface area contributed by atoms with Gasteiger partial charge in [-0.15, -0.1) is 0 Å². The van der Waals surface area contributed by atoms with Gasteiger partial charge in [-0.25, -0.2) is 0 Å². The Kier molecular flexibility index (Phi) is 1.79. The lowest BCUT2D eigenvalue weighted by Crippen LogP contribution is -2.28. The van der Waals surface area contributed by atoms with Crippen LogP contribution in [0.15, 0.2) is 18.2 Å². The summed E-state index contributed by atoms with van der Waals surface area (Å²) in [5, 5.41) is 14.1. The number of benzene rings is 1. The average molecular weight is 204 g/mol. The van der Waals surface area contributed by atoms with Gasteiger partial charge in [-0.1, -0.05) is 6.07 Å². The molecule has 15 heavy (non-hydrogen) atoms. The second kappa shape index (κ2) is 3.03. The van der Waals surface area contributed by atoms with Crippen molar-refractivity contribution in [3.05, 3.63) is 39.4 Å². The van der Waals surface area contributed by atoms with E-state index in [2.05, 4.69) is 5.32 Å². The molecule has 0 unspecified atom stereocenters. The third-order valence-corrected chi connectivity index (χ3v) is 3.51. The summed E-state index contributed by atoms with van der Waals surface area (Å²) >= 11 is 0. The monoisotopic (exact) mass is 204 g/mol. The fraction of sp³-hybridized carbons (Fsp3) is 0.455. The summed E-state index contributed by atoms with van der Waals surface area (Å²) in [6, 6.07) is 5.32. The molecule has 0 radical (unpaired) electrons. The number of non-ortho nitro benzene ring substituents is 1. The molecule has 1 aromatic rings. The molecule has 1 saturated heterocycles. The number of nitrogens with one attached hydrogen (secondary N) is 1. The van der Waals surface area contributed by atoms with E-state index >= 15 is 0 Å². The minimum Gasteiger partial charge on any atom is -0.316 e. The Bertz CT molecular complexity index is 431. The number of piperidine rings is 1. The largest absolute Gasteiger partial charge is 0.316 e. The summed E-state index contributed by atoms with van der Waals surface area (Å²) in [7, 11) is 0. The highest BCUT2D eigenvalue weighted by Gasteiger charge is 2.34. The molecule has 4 heteroatoms. The van der Waals surface area contributed by atoms with Crippen molar-refractivity contribution >= 4 is 5.69 Å². The normalized spacial score (nSPS) is 27.5. The number of nitro groups is 1. The molecule has 1 aliphatic heterocycles. The molecule has 78 valence electrons. The Balaban J connectivity index is 2.10. The van der Waals surface area contributed by atoms with Gasteiger partial charge < -0.3 is 5.32 Å². The first-order valence-corrected chi connectivity index (χ1v) is 5.24. The summed E-state index contributed by atoms with van der Waals surface area (Å²) < 4.78 is 0. The zero-order valence-electron chi connectivity index (χ0n) is 8.27. The van der Waals surface area contributed by atoms with Crippen molar-refractivity contribution in [3.63, 3.8) is 0 Å². The number of rotatable bonds is 1. The molecule has 1 fully saturated rings. The molecule has 0 saturated carbocycles. The van der Waals surface area contributed by atoms with Gasteiger partial charge in [0.05, 0.1) is 4.92 Å². The van der Waals surface area contributed by atoms with Crippen molar-refractivity contribution in [2.45, 2.75) is 18.3 Å². The zero-order chi connectivity index (χ0) is 10.4. The molecular formula is C11H12N2O2. The maximum absolute atomic E-state index is 10.7. The third-order valence-electron chi connectivity index (χ3n) is 3.51. The number of fused-ring (bicyclic) bond motifs is 5. The summed E-state index contributed by atoms with van der Waals surface area (Å²) in [5.74, 6) is 1.05. The Morgan fingerprint density at radius 1 is 1.27 bits per heavy atom. The zero-order valence-corrected chi connectivity index (χ0v) is 8.27. The van der Waals surface area contributed by atoms with E-state index in [-0.39, 0.29) is 10.6 Å². The van der Waals surface area contributed by atoms with Gasteiger partial charge in [-0.2, -0.15) is 0 Å². The predicted octanol–water partition coefficient (Wildman–Crippen LogP) is 1.77. The molecule has 0 spiro atoms. The lowest BCUT2D eigenvalue weighted by molar-refractivity contribution is -0.384. The highest BCUT2D eigenvalue weighted by molar-refractivity contribution is 5.47. The number of nitrogens with zero attached hydrogens (tertiary/aromatic N) is 1. The lowest BCUT2D eigenvalue weighted by atomic mass is 9.98. The Morgan fingerprint density at radius 2 is 2.00 bits per heavy atom. The van der Waals surface area contributed by atoms with Gasteiger partial charge in [0, 0.05) is 25.2 Å². The first-order chi connectivity index (χ1) is 7.25. The fourth-order valence-electron chi connectivity index (χ4n) is 2.82. The number of hydrogen-bond acceptors (Lipinski definition) is 3.